The summed E-state index contributed by atoms with van der Waals surface area (Å²) in [5.74, 6) is 0.531. The van der Waals surface area contributed by atoms with E-state index in [-0.39, 0.29) is 5.56 Å². The number of hydrogen-bond acceptors (Lipinski definition) is 4. The van der Waals surface area contributed by atoms with E-state index in [4.69, 9.17) is 0 Å². The summed E-state index contributed by atoms with van der Waals surface area (Å²) in [5.41, 5.74) is 3.41. The third-order valence-electron chi connectivity index (χ3n) is 2.97. The Hall–Kier alpha value is -2.01. The lowest BCUT2D eigenvalue weighted by Crippen LogP contribution is -2.18. The average Bonchev–Trinajstić information content (AvgIpc) is 2.38. The molecule has 0 radical (unpaired) electrons. The Kier molecular flexibility index (Phi) is 4.63. The third-order valence-corrected chi connectivity index (χ3v) is 2.97. The van der Waals surface area contributed by atoms with Crippen molar-refractivity contribution in [3.05, 3.63) is 45.5 Å². The second-order valence-corrected chi connectivity index (χ2v) is 4.94. The van der Waals surface area contributed by atoms with Gasteiger partial charge in [-0.15, -0.1) is 0 Å². The van der Waals surface area contributed by atoms with Crippen LogP contribution in [0.3, 0.4) is 0 Å². The highest BCUT2D eigenvalue weighted by molar-refractivity contribution is 5.54. The van der Waals surface area contributed by atoms with Crippen molar-refractivity contribution in [1.82, 2.24) is 20.3 Å². The number of aromatic nitrogens is 3. The van der Waals surface area contributed by atoms with Crippen molar-refractivity contribution < 1.29 is 0 Å². The van der Waals surface area contributed by atoms with Gasteiger partial charge in [-0.3, -0.25) is 9.78 Å². The summed E-state index contributed by atoms with van der Waals surface area (Å²) < 4.78 is 0. The van der Waals surface area contributed by atoms with Crippen LogP contribution in [0.1, 0.15) is 30.2 Å². The second-order valence-electron chi connectivity index (χ2n) is 4.94. The zero-order valence-corrected chi connectivity index (χ0v) is 12.2. The Morgan fingerprint density at radius 1 is 1.30 bits per heavy atom. The summed E-state index contributed by atoms with van der Waals surface area (Å²) in [4.78, 5) is 23.4. The monoisotopic (exact) mass is 272 g/mol. The van der Waals surface area contributed by atoms with Gasteiger partial charge in [0.2, 0.25) is 0 Å². The van der Waals surface area contributed by atoms with Crippen LogP contribution < -0.4 is 10.9 Å². The summed E-state index contributed by atoms with van der Waals surface area (Å²) in [7, 11) is 0. The van der Waals surface area contributed by atoms with E-state index in [9.17, 15) is 4.79 Å². The maximum atomic E-state index is 11.7. The molecule has 2 aromatic rings. The SMILES string of the molecule is CCCNCc1cc(=O)[nH]c(-c2ncc(C)cc2C)n1. The molecule has 0 aromatic carbocycles. The first-order valence-corrected chi connectivity index (χ1v) is 6.84. The van der Waals surface area contributed by atoms with Gasteiger partial charge in [0, 0.05) is 18.8 Å². The minimum Gasteiger partial charge on any atom is -0.311 e. The number of rotatable bonds is 5. The molecule has 0 unspecified atom stereocenters. The number of nitrogens with one attached hydrogen (secondary N) is 2. The van der Waals surface area contributed by atoms with Crippen molar-refractivity contribution in [3.8, 4) is 11.5 Å². The van der Waals surface area contributed by atoms with Gasteiger partial charge in [-0.1, -0.05) is 13.0 Å². The molecular weight excluding hydrogens is 252 g/mol. The van der Waals surface area contributed by atoms with Gasteiger partial charge in [0.05, 0.1) is 5.69 Å². The number of H-pyrrole nitrogens is 1. The van der Waals surface area contributed by atoms with Crippen LogP contribution in [0.4, 0.5) is 0 Å². The first kappa shape index (κ1) is 14.4. The van der Waals surface area contributed by atoms with Crippen LogP contribution in [-0.2, 0) is 6.54 Å². The molecule has 106 valence electrons. The lowest BCUT2D eigenvalue weighted by molar-refractivity contribution is 0.662. The van der Waals surface area contributed by atoms with E-state index in [0.29, 0.717) is 12.4 Å². The normalized spacial score (nSPS) is 10.8. The molecule has 2 heterocycles. The van der Waals surface area contributed by atoms with Crippen LogP contribution >= 0.6 is 0 Å². The molecule has 5 nitrogen and oxygen atoms in total. The fourth-order valence-electron chi connectivity index (χ4n) is 2.07. The van der Waals surface area contributed by atoms with Crippen LogP contribution in [0.2, 0.25) is 0 Å². The van der Waals surface area contributed by atoms with Gasteiger partial charge in [0.1, 0.15) is 5.69 Å². The maximum Gasteiger partial charge on any atom is 0.251 e. The van der Waals surface area contributed by atoms with Gasteiger partial charge in [0.25, 0.3) is 5.56 Å². The lowest BCUT2D eigenvalue weighted by atomic mass is 10.1. The molecule has 0 aliphatic carbocycles. The Morgan fingerprint density at radius 2 is 2.10 bits per heavy atom. The zero-order chi connectivity index (χ0) is 14.5. The summed E-state index contributed by atoms with van der Waals surface area (Å²) in [6, 6.07) is 3.56. The minimum atomic E-state index is -0.148. The average molecular weight is 272 g/mol. The predicted octanol–water partition coefficient (Wildman–Crippen LogP) is 1.95. The minimum absolute atomic E-state index is 0.148. The molecule has 0 saturated carbocycles. The lowest BCUT2D eigenvalue weighted by Gasteiger charge is -2.07. The van der Waals surface area contributed by atoms with E-state index in [1.807, 2.05) is 19.9 Å². The van der Waals surface area contributed by atoms with Crippen LogP contribution in [0.15, 0.2) is 23.1 Å². The topological polar surface area (TPSA) is 70.7 Å². The van der Waals surface area contributed by atoms with E-state index in [0.717, 1.165) is 35.5 Å². The van der Waals surface area contributed by atoms with Crippen molar-refractivity contribution in [2.24, 2.45) is 0 Å². The molecule has 0 spiro atoms. The number of nitrogens with zero attached hydrogens (tertiary/aromatic N) is 2. The van der Waals surface area contributed by atoms with Crippen molar-refractivity contribution in [2.45, 2.75) is 33.7 Å². The van der Waals surface area contributed by atoms with Gasteiger partial charge >= 0.3 is 0 Å². The molecule has 2 N–H and O–H groups in total. The Labute approximate surface area is 118 Å². The molecule has 20 heavy (non-hydrogen) atoms. The second kappa shape index (κ2) is 6.43. The molecule has 2 aromatic heterocycles. The van der Waals surface area contributed by atoms with Gasteiger partial charge in [-0.2, -0.15) is 0 Å². The van der Waals surface area contributed by atoms with Crippen LogP contribution in [-0.4, -0.2) is 21.5 Å². The van der Waals surface area contributed by atoms with Gasteiger partial charge in [-0.05, 0) is 37.9 Å². The molecule has 0 aliphatic rings. The number of aromatic amines is 1. The van der Waals surface area contributed by atoms with E-state index in [2.05, 4.69) is 27.2 Å². The number of hydrogen-bond donors (Lipinski definition) is 2. The Bertz CT molecular complexity index is 649. The molecule has 2 rings (SSSR count). The Morgan fingerprint density at radius 3 is 2.80 bits per heavy atom. The van der Waals surface area contributed by atoms with E-state index in [1.54, 1.807) is 6.20 Å². The summed E-state index contributed by atoms with van der Waals surface area (Å²) in [5, 5.41) is 3.25. The van der Waals surface area contributed by atoms with Crippen molar-refractivity contribution >= 4 is 0 Å². The summed E-state index contributed by atoms with van der Waals surface area (Å²) in [6.07, 6.45) is 2.83. The molecule has 0 fully saturated rings. The van der Waals surface area contributed by atoms with E-state index < -0.39 is 0 Å². The highest BCUT2D eigenvalue weighted by Crippen LogP contribution is 2.16. The fourth-order valence-corrected chi connectivity index (χ4v) is 2.07. The quantitative estimate of drug-likeness (QED) is 0.816. The van der Waals surface area contributed by atoms with Gasteiger partial charge < -0.3 is 10.3 Å². The van der Waals surface area contributed by atoms with Crippen molar-refractivity contribution in [3.63, 3.8) is 0 Å². The number of pyridine rings is 1. The predicted molar refractivity (Wildman–Crippen MR) is 79.6 cm³/mol. The highest BCUT2D eigenvalue weighted by atomic mass is 16.1. The fraction of sp³-hybridized carbons (Fsp3) is 0.400. The largest absolute Gasteiger partial charge is 0.311 e. The molecule has 5 heteroatoms. The van der Waals surface area contributed by atoms with Gasteiger partial charge in [-0.25, -0.2) is 4.98 Å². The van der Waals surface area contributed by atoms with Gasteiger partial charge in [0.15, 0.2) is 5.82 Å². The summed E-state index contributed by atoms with van der Waals surface area (Å²) in [6.45, 7) is 7.56. The van der Waals surface area contributed by atoms with Crippen LogP contribution in [0.5, 0.6) is 0 Å². The first-order chi connectivity index (χ1) is 9.60. The highest BCUT2D eigenvalue weighted by Gasteiger charge is 2.08. The molecule has 0 bridgehead atoms. The van der Waals surface area contributed by atoms with Crippen LogP contribution in [0.25, 0.3) is 11.5 Å². The first-order valence-electron chi connectivity index (χ1n) is 6.84. The zero-order valence-electron chi connectivity index (χ0n) is 12.2. The van der Waals surface area contributed by atoms with Crippen molar-refractivity contribution in [1.29, 1.82) is 0 Å². The maximum absolute atomic E-state index is 11.7. The van der Waals surface area contributed by atoms with Crippen molar-refractivity contribution in [2.75, 3.05) is 6.54 Å². The molecule has 0 saturated heterocycles. The smallest absolute Gasteiger partial charge is 0.251 e. The molecule has 0 aliphatic heterocycles. The van der Waals surface area contributed by atoms with Crippen LogP contribution in [0, 0.1) is 13.8 Å². The standard InChI is InChI=1S/C15H20N4O/c1-4-5-16-9-12-7-13(20)19-15(18-12)14-11(3)6-10(2)8-17-14/h6-8,16H,4-5,9H2,1-3H3,(H,18,19,20). The molecule has 0 amide bonds. The third kappa shape index (κ3) is 3.51. The number of aryl methyl sites for hydroxylation is 2. The summed E-state index contributed by atoms with van der Waals surface area (Å²) >= 11 is 0. The van der Waals surface area contributed by atoms with E-state index >= 15 is 0 Å². The molecule has 0 atom stereocenters. The molecular formula is C15H20N4O. The Balaban J connectivity index is 2.34. The van der Waals surface area contributed by atoms with E-state index in [1.165, 1.54) is 6.07 Å².